The molecule has 2 heterocycles. The summed E-state index contributed by atoms with van der Waals surface area (Å²) in [5.74, 6) is 1.02. The van der Waals surface area contributed by atoms with Gasteiger partial charge in [-0.25, -0.2) is 0 Å². The Balaban J connectivity index is 1.48. The molecule has 6 nitrogen and oxygen atoms in total. The van der Waals surface area contributed by atoms with E-state index in [4.69, 9.17) is 4.52 Å². The molecule has 0 bridgehead atoms. The maximum absolute atomic E-state index is 12.2. The molecule has 0 spiro atoms. The van der Waals surface area contributed by atoms with Crippen LogP contribution in [0.5, 0.6) is 0 Å². The van der Waals surface area contributed by atoms with E-state index in [-0.39, 0.29) is 12.3 Å². The first-order valence-corrected chi connectivity index (χ1v) is 7.54. The van der Waals surface area contributed by atoms with Gasteiger partial charge in [0.15, 0.2) is 5.82 Å². The summed E-state index contributed by atoms with van der Waals surface area (Å²) >= 11 is 0. The SMILES string of the molecule is Cc1noc(CC(=O)N2CCN(Cc3ccccc3)CC2)n1. The van der Waals surface area contributed by atoms with Crippen LogP contribution in [0.15, 0.2) is 34.9 Å². The maximum Gasteiger partial charge on any atom is 0.236 e. The highest BCUT2D eigenvalue weighted by Gasteiger charge is 2.22. The number of aromatic nitrogens is 2. The lowest BCUT2D eigenvalue weighted by Gasteiger charge is -2.34. The van der Waals surface area contributed by atoms with Crippen molar-refractivity contribution >= 4 is 5.91 Å². The third-order valence-electron chi connectivity index (χ3n) is 3.85. The van der Waals surface area contributed by atoms with E-state index in [1.165, 1.54) is 5.56 Å². The van der Waals surface area contributed by atoms with E-state index in [9.17, 15) is 4.79 Å². The molecule has 3 rings (SSSR count). The Morgan fingerprint density at radius 3 is 2.55 bits per heavy atom. The van der Waals surface area contributed by atoms with Crippen LogP contribution in [0.25, 0.3) is 0 Å². The Labute approximate surface area is 129 Å². The summed E-state index contributed by atoms with van der Waals surface area (Å²) in [7, 11) is 0. The lowest BCUT2D eigenvalue weighted by atomic mass is 10.2. The topological polar surface area (TPSA) is 62.5 Å². The molecule has 1 fully saturated rings. The molecule has 1 amide bonds. The summed E-state index contributed by atoms with van der Waals surface area (Å²) in [5, 5.41) is 3.71. The second kappa shape index (κ2) is 6.70. The van der Waals surface area contributed by atoms with Gasteiger partial charge in [0.2, 0.25) is 11.8 Å². The van der Waals surface area contributed by atoms with Gasteiger partial charge in [-0.2, -0.15) is 4.98 Å². The van der Waals surface area contributed by atoms with E-state index in [1.807, 2.05) is 11.0 Å². The number of hydrogen-bond acceptors (Lipinski definition) is 5. The first kappa shape index (κ1) is 14.7. The highest BCUT2D eigenvalue weighted by molar-refractivity contribution is 5.77. The smallest absolute Gasteiger partial charge is 0.236 e. The molecule has 6 heteroatoms. The fourth-order valence-corrected chi connectivity index (χ4v) is 2.65. The van der Waals surface area contributed by atoms with Crippen LogP contribution in [0, 0.1) is 6.92 Å². The molecular formula is C16H20N4O2. The van der Waals surface area contributed by atoms with Gasteiger partial charge in [-0.1, -0.05) is 35.5 Å². The van der Waals surface area contributed by atoms with Crippen molar-refractivity contribution < 1.29 is 9.32 Å². The maximum atomic E-state index is 12.2. The molecule has 116 valence electrons. The highest BCUT2D eigenvalue weighted by atomic mass is 16.5. The van der Waals surface area contributed by atoms with Crippen LogP contribution in [0.2, 0.25) is 0 Å². The minimum atomic E-state index is 0.0583. The normalized spacial score (nSPS) is 16.0. The zero-order chi connectivity index (χ0) is 15.4. The number of nitrogens with zero attached hydrogens (tertiary/aromatic N) is 4. The zero-order valence-corrected chi connectivity index (χ0v) is 12.7. The number of piperazine rings is 1. The van der Waals surface area contributed by atoms with Crippen molar-refractivity contribution in [1.29, 1.82) is 0 Å². The molecule has 1 aromatic carbocycles. The average molecular weight is 300 g/mol. The van der Waals surface area contributed by atoms with Crippen LogP contribution >= 0.6 is 0 Å². The Morgan fingerprint density at radius 2 is 1.91 bits per heavy atom. The van der Waals surface area contributed by atoms with Crippen LogP contribution in [0.4, 0.5) is 0 Å². The van der Waals surface area contributed by atoms with Gasteiger partial charge >= 0.3 is 0 Å². The van der Waals surface area contributed by atoms with Crippen molar-refractivity contribution in [2.24, 2.45) is 0 Å². The summed E-state index contributed by atoms with van der Waals surface area (Å²) in [6, 6.07) is 10.4. The lowest BCUT2D eigenvalue weighted by Crippen LogP contribution is -2.48. The molecule has 1 aliphatic heterocycles. The minimum Gasteiger partial charge on any atom is -0.340 e. The number of carbonyl (C=O) groups is 1. The number of carbonyl (C=O) groups excluding carboxylic acids is 1. The Morgan fingerprint density at radius 1 is 1.18 bits per heavy atom. The summed E-state index contributed by atoms with van der Waals surface area (Å²) < 4.78 is 5.01. The lowest BCUT2D eigenvalue weighted by molar-refractivity contribution is -0.132. The Kier molecular flexibility index (Phi) is 4.48. The molecule has 0 aliphatic carbocycles. The Hall–Kier alpha value is -2.21. The molecule has 1 saturated heterocycles. The van der Waals surface area contributed by atoms with Crippen molar-refractivity contribution in [2.75, 3.05) is 26.2 Å². The molecule has 0 atom stereocenters. The van der Waals surface area contributed by atoms with Gasteiger partial charge in [-0.05, 0) is 12.5 Å². The van der Waals surface area contributed by atoms with Crippen LogP contribution in [-0.4, -0.2) is 52.0 Å². The van der Waals surface area contributed by atoms with Gasteiger partial charge in [0.1, 0.15) is 6.42 Å². The molecule has 0 radical (unpaired) electrons. The van der Waals surface area contributed by atoms with E-state index in [0.29, 0.717) is 11.7 Å². The molecule has 1 aliphatic rings. The van der Waals surface area contributed by atoms with Gasteiger partial charge in [0.25, 0.3) is 0 Å². The van der Waals surface area contributed by atoms with E-state index < -0.39 is 0 Å². The van der Waals surface area contributed by atoms with Crippen LogP contribution < -0.4 is 0 Å². The first-order valence-electron chi connectivity index (χ1n) is 7.54. The molecule has 2 aromatic rings. The predicted octanol–water partition coefficient (Wildman–Crippen LogP) is 1.26. The second-order valence-electron chi connectivity index (χ2n) is 5.55. The number of hydrogen-bond donors (Lipinski definition) is 0. The number of benzene rings is 1. The third kappa shape index (κ3) is 3.71. The monoisotopic (exact) mass is 300 g/mol. The number of amides is 1. The van der Waals surface area contributed by atoms with E-state index in [2.05, 4.69) is 39.3 Å². The third-order valence-corrected chi connectivity index (χ3v) is 3.85. The fraction of sp³-hybridized carbons (Fsp3) is 0.438. The Bertz CT molecular complexity index is 618. The number of aryl methyl sites for hydroxylation is 1. The van der Waals surface area contributed by atoms with Crippen LogP contribution in [-0.2, 0) is 17.8 Å². The minimum absolute atomic E-state index is 0.0583. The highest BCUT2D eigenvalue weighted by Crippen LogP contribution is 2.10. The second-order valence-corrected chi connectivity index (χ2v) is 5.55. The van der Waals surface area contributed by atoms with E-state index in [0.717, 1.165) is 32.7 Å². The van der Waals surface area contributed by atoms with Crippen molar-refractivity contribution in [3.63, 3.8) is 0 Å². The summed E-state index contributed by atoms with van der Waals surface area (Å²) in [6.07, 6.45) is 0.194. The molecule has 0 N–H and O–H groups in total. The van der Waals surface area contributed by atoms with Crippen molar-refractivity contribution in [1.82, 2.24) is 19.9 Å². The molecule has 22 heavy (non-hydrogen) atoms. The van der Waals surface area contributed by atoms with Gasteiger partial charge in [0.05, 0.1) is 0 Å². The fourth-order valence-electron chi connectivity index (χ4n) is 2.65. The average Bonchev–Trinajstić information content (AvgIpc) is 2.94. The standard InChI is InChI=1S/C16H20N4O2/c1-13-17-15(22-18-13)11-16(21)20-9-7-19(8-10-20)12-14-5-3-2-4-6-14/h2-6H,7-12H2,1H3. The largest absolute Gasteiger partial charge is 0.340 e. The van der Waals surface area contributed by atoms with Gasteiger partial charge < -0.3 is 9.42 Å². The van der Waals surface area contributed by atoms with Gasteiger partial charge in [-0.3, -0.25) is 9.69 Å². The van der Waals surface area contributed by atoms with Crippen LogP contribution in [0.3, 0.4) is 0 Å². The van der Waals surface area contributed by atoms with Gasteiger partial charge in [-0.15, -0.1) is 0 Å². The van der Waals surface area contributed by atoms with Crippen molar-refractivity contribution in [2.45, 2.75) is 19.9 Å². The zero-order valence-electron chi connectivity index (χ0n) is 12.7. The van der Waals surface area contributed by atoms with Gasteiger partial charge in [0, 0.05) is 32.7 Å². The summed E-state index contributed by atoms with van der Waals surface area (Å²) in [4.78, 5) is 20.5. The molecule has 1 aromatic heterocycles. The number of rotatable bonds is 4. The molecular weight excluding hydrogens is 280 g/mol. The predicted molar refractivity (Wildman–Crippen MR) is 81.0 cm³/mol. The molecule has 0 unspecified atom stereocenters. The van der Waals surface area contributed by atoms with Crippen molar-refractivity contribution in [3.05, 3.63) is 47.6 Å². The molecule has 0 saturated carbocycles. The van der Waals surface area contributed by atoms with Crippen LogP contribution in [0.1, 0.15) is 17.3 Å². The first-order chi connectivity index (χ1) is 10.7. The van der Waals surface area contributed by atoms with E-state index >= 15 is 0 Å². The summed E-state index contributed by atoms with van der Waals surface area (Å²) in [5.41, 5.74) is 1.31. The van der Waals surface area contributed by atoms with E-state index in [1.54, 1.807) is 6.92 Å². The quantitative estimate of drug-likeness (QED) is 0.851. The van der Waals surface area contributed by atoms with Crippen molar-refractivity contribution in [3.8, 4) is 0 Å². The summed E-state index contributed by atoms with van der Waals surface area (Å²) in [6.45, 7) is 5.97.